The topological polar surface area (TPSA) is 107 Å². The minimum absolute atomic E-state index is 0.0482. The number of carbonyl (C=O) groups excluding carboxylic acids is 1. The van der Waals surface area contributed by atoms with E-state index in [4.69, 9.17) is 5.11 Å². The standard InChI is InChI=1S/C12H13NO6/c1-12(2,11(15)16)8-6-7(10(14)19-3)4-5-9(8)13(17)18/h4-6H,1-3H3,(H,15,16). The number of nitro benzene ring substituents is 1. The number of carboxylic acids is 1. The van der Waals surface area contributed by atoms with Gasteiger partial charge in [0.15, 0.2) is 0 Å². The highest BCUT2D eigenvalue weighted by Crippen LogP contribution is 2.32. The van der Waals surface area contributed by atoms with Crippen LogP contribution < -0.4 is 0 Å². The van der Waals surface area contributed by atoms with Gasteiger partial charge in [0.2, 0.25) is 0 Å². The van der Waals surface area contributed by atoms with Gasteiger partial charge in [-0.15, -0.1) is 0 Å². The molecule has 1 aromatic carbocycles. The molecule has 0 radical (unpaired) electrons. The van der Waals surface area contributed by atoms with E-state index >= 15 is 0 Å². The smallest absolute Gasteiger partial charge is 0.337 e. The number of nitrogens with zero attached hydrogens (tertiary/aromatic N) is 1. The molecule has 0 atom stereocenters. The number of carbonyl (C=O) groups is 2. The molecule has 7 heteroatoms. The van der Waals surface area contributed by atoms with Crippen molar-refractivity contribution in [2.45, 2.75) is 19.3 Å². The normalized spacial score (nSPS) is 10.9. The number of hydrogen-bond acceptors (Lipinski definition) is 5. The number of carboxylic acid groups (broad SMARTS) is 1. The van der Waals surface area contributed by atoms with Crippen LogP contribution >= 0.6 is 0 Å². The molecule has 0 amide bonds. The summed E-state index contributed by atoms with van der Waals surface area (Å²) in [4.78, 5) is 32.9. The van der Waals surface area contributed by atoms with Crippen LogP contribution in [0.2, 0.25) is 0 Å². The Morgan fingerprint density at radius 1 is 1.37 bits per heavy atom. The predicted molar refractivity (Wildman–Crippen MR) is 65.1 cm³/mol. The number of esters is 1. The molecule has 0 bridgehead atoms. The van der Waals surface area contributed by atoms with Crippen LogP contribution in [0.15, 0.2) is 18.2 Å². The van der Waals surface area contributed by atoms with Gasteiger partial charge in [0, 0.05) is 11.6 Å². The average Bonchev–Trinajstić information content (AvgIpc) is 2.36. The third-order valence-electron chi connectivity index (χ3n) is 2.82. The third kappa shape index (κ3) is 2.70. The SMILES string of the molecule is COC(=O)c1ccc([N+](=O)[O-])c(C(C)(C)C(=O)O)c1. The van der Waals surface area contributed by atoms with Gasteiger partial charge in [0.05, 0.1) is 23.0 Å². The summed E-state index contributed by atoms with van der Waals surface area (Å²) in [5, 5.41) is 20.1. The number of aliphatic carboxylic acids is 1. The second-order valence-corrected chi connectivity index (χ2v) is 4.41. The van der Waals surface area contributed by atoms with Crippen molar-refractivity contribution in [2.24, 2.45) is 0 Å². The van der Waals surface area contributed by atoms with E-state index in [0.29, 0.717) is 0 Å². The Kier molecular flexibility index (Phi) is 3.89. The molecule has 0 fully saturated rings. The molecule has 0 aliphatic rings. The lowest BCUT2D eigenvalue weighted by Crippen LogP contribution is -2.29. The number of rotatable bonds is 4. The highest BCUT2D eigenvalue weighted by molar-refractivity contribution is 5.91. The fraction of sp³-hybridized carbons (Fsp3) is 0.333. The first-order valence-corrected chi connectivity index (χ1v) is 5.32. The molecule has 0 aromatic heterocycles. The summed E-state index contributed by atoms with van der Waals surface area (Å²) in [7, 11) is 1.17. The summed E-state index contributed by atoms with van der Waals surface area (Å²) in [6, 6.07) is 3.51. The molecule has 102 valence electrons. The molecule has 1 N–H and O–H groups in total. The number of methoxy groups -OCH3 is 1. The minimum Gasteiger partial charge on any atom is -0.481 e. The molecule has 0 saturated carbocycles. The molecule has 0 spiro atoms. The molecule has 1 aromatic rings. The van der Waals surface area contributed by atoms with Gasteiger partial charge in [-0.1, -0.05) is 0 Å². The summed E-state index contributed by atoms with van der Waals surface area (Å²) >= 11 is 0. The summed E-state index contributed by atoms with van der Waals surface area (Å²) in [5.74, 6) is -1.91. The van der Waals surface area contributed by atoms with Crippen molar-refractivity contribution < 1.29 is 24.4 Å². The number of ether oxygens (including phenoxy) is 1. The quantitative estimate of drug-likeness (QED) is 0.506. The molecule has 0 unspecified atom stereocenters. The Morgan fingerprint density at radius 3 is 2.37 bits per heavy atom. The third-order valence-corrected chi connectivity index (χ3v) is 2.82. The van der Waals surface area contributed by atoms with Crippen LogP contribution in [-0.4, -0.2) is 29.1 Å². The maximum Gasteiger partial charge on any atom is 0.337 e. The Bertz CT molecular complexity index is 549. The molecular formula is C12H13NO6. The van der Waals surface area contributed by atoms with Gasteiger partial charge < -0.3 is 9.84 Å². The second kappa shape index (κ2) is 5.05. The first kappa shape index (κ1) is 14.6. The van der Waals surface area contributed by atoms with E-state index in [1.807, 2.05) is 0 Å². The van der Waals surface area contributed by atoms with E-state index in [2.05, 4.69) is 4.74 Å². The van der Waals surface area contributed by atoms with Gasteiger partial charge in [-0.25, -0.2) is 4.79 Å². The molecule has 19 heavy (non-hydrogen) atoms. The molecular weight excluding hydrogens is 254 g/mol. The lowest BCUT2D eigenvalue weighted by atomic mass is 9.83. The molecule has 0 aliphatic carbocycles. The minimum atomic E-state index is -1.49. The van der Waals surface area contributed by atoms with Gasteiger partial charge in [-0.2, -0.15) is 0 Å². The van der Waals surface area contributed by atoms with E-state index in [1.165, 1.54) is 33.1 Å². The van der Waals surface area contributed by atoms with Crippen molar-refractivity contribution in [1.82, 2.24) is 0 Å². The van der Waals surface area contributed by atoms with Crippen LogP contribution in [0.3, 0.4) is 0 Å². The fourth-order valence-corrected chi connectivity index (χ4v) is 1.56. The Labute approximate surface area is 109 Å². The molecule has 0 heterocycles. The zero-order valence-corrected chi connectivity index (χ0v) is 10.7. The van der Waals surface area contributed by atoms with Gasteiger partial charge >= 0.3 is 11.9 Å². The molecule has 0 saturated heterocycles. The largest absolute Gasteiger partial charge is 0.481 e. The highest BCUT2D eigenvalue weighted by Gasteiger charge is 2.36. The first-order valence-electron chi connectivity index (χ1n) is 5.32. The maximum atomic E-state index is 11.4. The van der Waals surface area contributed by atoms with Crippen LogP contribution in [0.1, 0.15) is 29.8 Å². The van der Waals surface area contributed by atoms with E-state index in [-0.39, 0.29) is 16.8 Å². The van der Waals surface area contributed by atoms with Crippen molar-refractivity contribution in [3.8, 4) is 0 Å². The molecule has 7 nitrogen and oxygen atoms in total. The van der Waals surface area contributed by atoms with Crippen molar-refractivity contribution in [2.75, 3.05) is 7.11 Å². The summed E-state index contributed by atoms with van der Waals surface area (Å²) in [6.07, 6.45) is 0. The first-order chi connectivity index (χ1) is 8.71. The van der Waals surface area contributed by atoms with E-state index in [1.54, 1.807) is 0 Å². The maximum absolute atomic E-state index is 11.4. The van der Waals surface area contributed by atoms with Gasteiger partial charge in [-0.3, -0.25) is 14.9 Å². The predicted octanol–water partition coefficient (Wildman–Crippen LogP) is 1.74. The van der Waals surface area contributed by atoms with Crippen molar-refractivity contribution >= 4 is 17.6 Å². The summed E-state index contributed by atoms with van der Waals surface area (Å²) in [6.45, 7) is 2.66. The monoisotopic (exact) mass is 267 g/mol. The van der Waals surface area contributed by atoms with Gasteiger partial charge in [0.1, 0.15) is 0 Å². The zero-order chi connectivity index (χ0) is 14.8. The van der Waals surface area contributed by atoms with E-state index in [9.17, 15) is 19.7 Å². The Hall–Kier alpha value is -2.44. The van der Waals surface area contributed by atoms with Crippen LogP contribution in [0, 0.1) is 10.1 Å². The second-order valence-electron chi connectivity index (χ2n) is 4.41. The number of hydrogen-bond donors (Lipinski definition) is 1. The van der Waals surface area contributed by atoms with Crippen molar-refractivity contribution in [3.05, 3.63) is 39.4 Å². The van der Waals surface area contributed by atoms with Crippen LogP contribution in [-0.2, 0) is 14.9 Å². The summed E-state index contributed by atoms with van der Waals surface area (Å²) < 4.78 is 4.51. The van der Waals surface area contributed by atoms with E-state index in [0.717, 1.165) is 6.07 Å². The number of benzene rings is 1. The molecule has 1 rings (SSSR count). The van der Waals surface area contributed by atoms with Crippen molar-refractivity contribution in [3.63, 3.8) is 0 Å². The number of nitro groups is 1. The van der Waals surface area contributed by atoms with Crippen LogP contribution in [0.4, 0.5) is 5.69 Å². The zero-order valence-electron chi connectivity index (χ0n) is 10.7. The lowest BCUT2D eigenvalue weighted by Gasteiger charge is -2.19. The fourth-order valence-electron chi connectivity index (χ4n) is 1.56. The Balaban J connectivity index is 3.52. The summed E-state index contributed by atoms with van der Waals surface area (Å²) in [5.41, 5.74) is -1.82. The van der Waals surface area contributed by atoms with Gasteiger partial charge in [-0.05, 0) is 26.0 Å². The van der Waals surface area contributed by atoms with Crippen LogP contribution in [0.5, 0.6) is 0 Å². The highest BCUT2D eigenvalue weighted by atomic mass is 16.6. The van der Waals surface area contributed by atoms with E-state index < -0.39 is 22.3 Å². The average molecular weight is 267 g/mol. The van der Waals surface area contributed by atoms with Gasteiger partial charge in [0.25, 0.3) is 5.69 Å². The van der Waals surface area contributed by atoms with Crippen molar-refractivity contribution in [1.29, 1.82) is 0 Å². The molecule has 0 aliphatic heterocycles. The Morgan fingerprint density at radius 2 is 1.95 bits per heavy atom. The van der Waals surface area contributed by atoms with Crippen LogP contribution in [0.25, 0.3) is 0 Å². The lowest BCUT2D eigenvalue weighted by molar-refractivity contribution is -0.386.